The van der Waals surface area contributed by atoms with Gasteiger partial charge in [-0.2, -0.15) is 0 Å². The van der Waals surface area contributed by atoms with Crippen LogP contribution in [0.15, 0.2) is 84.9 Å². The average molecular weight is 662 g/mol. The molecule has 0 fully saturated rings. The zero-order valence-electron chi connectivity index (χ0n) is 27.5. The highest BCUT2D eigenvalue weighted by atomic mass is 16.6. The van der Waals surface area contributed by atoms with Crippen LogP contribution >= 0.6 is 0 Å². The molecule has 3 aromatic carbocycles. The van der Waals surface area contributed by atoms with Crippen molar-refractivity contribution in [1.29, 1.82) is 0 Å². The van der Waals surface area contributed by atoms with Crippen molar-refractivity contribution in [2.45, 2.75) is 64.9 Å². The van der Waals surface area contributed by atoms with Gasteiger partial charge in [0, 0.05) is 19.5 Å². The second-order valence-electron chi connectivity index (χ2n) is 11.8. The molecular weight excluding hydrogens is 618 g/mol. The summed E-state index contributed by atoms with van der Waals surface area (Å²) in [5.41, 5.74) is 1.85. The number of alkyl carbamates (subject to hydrolysis) is 1. The van der Waals surface area contributed by atoms with Crippen LogP contribution in [0.3, 0.4) is 0 Å². The number of esters is 2. The molecule has 1 atom stereocenters. The lowest BCUT2D eigenvalue weighted by Crippen LogP contribution is -2.49. The zero-order chi connectivity index (χ0) is 34.8. The summed E-state index contributed by atoms with van der Waals surface area (Å²) in [4.78, 5) is 62.2. The van der Waals surface area contributed by atoms with Gasteiger partial charge in [0.25, 0.3) is 0 Å². The molecule has 0 bridgehead atoms. The molecule has 0 aliphatic heterocycles. The predicted molar refractivity (Wildman–Crippen MR) is 177 cm³/mol. The van der Waals surface area contributed by atoms with E-state index in [-0.39, 0.29) is 45.8 Å². The lowest BCUT2D eigenvalue weighted by molar-refractivity contribution is -0.148. The Labute approximate surface area is 280 Å². The highest BCUT2D eigenvalue weighted by Crippen LogP contribution is 2.13. The van der Waals surface area contributed by atoms with Crippen molar-refractivity contribution in [3.8, 4) is 5.75 Å². The topological polar surface area (TPSA) is 158 Å². The quantitative estimate of drug-likeness (QED) is 0.144. The average Bonchev–Trinajstić information content (AvgIpc) is 3.06. The molecule has 3 aromatic rings. The van der Waals surface area contributed by atoms with Gasteiger partial charge in [-0.25, -0.2) is 9.59 Å². The van der Waals surface area contributed by atoms with Crippen LogP contribution in [-0.2, 0) is 53.0 Å². The molecule has 0 aliphatic rings. The smallest absolute Gasteiger partial charge is 0.407 e. The van der Waals surface area contributed by atoms with E-state index in [1.165, 1.54) is 0 Å². The molecule has 256 valence electrons. The first-order valence-electron chi connectivity index (χ1n) is 15.6. The molecule has 12 nitrogen and oxygen atoms in total. The van der Waals surface area contributed by atoms with E-state index in [9.17, 15) is 24.0 Å². The second-order valence-corrected chi connectivity index (χ2v) is 11.8. The van der Waals surface area contributed by atoms with E-state index >= 15 is 0 Å². The molecule has 12 heteroatoms. The Morgan fingerprint density at radius 1 is 0.688 bits per heavy atom. The summed E-state index contributed by atoms with van der Waals surface area (Å²) in [6, 6.07) is 24.2. The molecular formula is C36H43N3O9. The highest BCUT2D eigenvalue weighted by Gasteiger charge is 2.25. The minimum atomic E-state index is -1.19. The summed E-state index contributed by atoms with van der Waals surface area (Å²) < 4.78 is 21.2. The Morgan fingerprint density at radius 3 is 1.85 bits per heavy atom. The lowest BCUT2D eigenvalue weighted by Gasteiger charge is -2.20. The molecule has 0 aliphatic carbocycles. The summed E-state index contributed by atoms with van der Waals surface area (Å²) >= 11 is 0. The van der Waals surface area contributed by atoms with E-state index in [0.29, 0.717) is 12.2 Å². The maximum Gasteiger partial charge on any atom is 0.407 e. The monoisotopic (exact) mass is 661 g/mol. The number of carbonyl (C=O) groups excluding carboxylic acids is 5. The molecule has 0 saturated heterocycles. The van der Waals surface area contributed by atoms with Gasteiger partial charge < -0.3 is 34.9 Å². The SMILES string of the molecule is CC(C)(C)OC(=O)NCCC(=O)NC(CC(=O)OCc1ccccc1)C(=O)NCCc1ccc(OCC(=O)OCc2ccccc2)cc1. The van der Waals surface area contributed by atoms with Gasteiger partial charge in [-0.15, -0.1) is 0 Å². The number of amides is 3. The number of nitrogens with one attached hydrogen (secondary N) is 3. The number of hydrogen-bond donors (Lipinski definition) is 3. The van der Waals surface area contributed by atoms with Crippen molar-refractivity contribution in [2.24, 2.45) is 0 Å². The minimum Gasteiger partial charge on any atom is -0.482 e. The molecule has 0 radical (unpaired) electrons. The number of ether oxygens (including phenoxy) is 4. The first-order valence-corrected chi connectivity index (χ1v) is 15.6. The van der Waals surface area contributed by atoms with Gasteiger partial charge in [0.2, 0.25) is 11.8 Å². The van der Waals surface area contributed by atoms with E-state index in [2.05, 4.69) is 16.0 Å². The standard InChI is InChI=1S/C36H43N3O9/c1-36(2,3)48-35(44)38-21-19-31(40)39-30(22-32(41)46-23-27-10-6-4-7-11-27)34(43)37-20-18-26-14-16-29(17-15-26)45-25-33(42)47-24-28-12-8-5-9-13-28/h4-17,30H,18-25H2,1-3H3,(H,37,43)(H,38,44)(H,39,40). The Balaban J connectivity index is 1.46. The molecule has 48 heavy (non-hydrogen) atoms. The van der Waals surface area contributed by atoms with Crippen LogP contribution in [0.25, 0.3) is 0 Å². The Morgan fingerprint density at radius 2 is 1.27 bits per heavy atom. The van der Waals surface area contributed by atoms with E-state index in [1.807, 2.05) is 48.5 Å². The Kier molecular flexibility index (Phi) is 14.9. The van der Waals surface area contributed by atoms with Gasteiger partial charge >= 0.3 is 18.0 Å². The van der Waals surface area contributed by atoms with Crippen molar-refractivity contribution in [1.82, 2.24) is 16.0 Å². The van der Waals surface area contributed by atoms with E-state index in [4.69, 9.17) is 18.9 Å². The van der Waals surface area contributed by atoms with Crippen LogP contribution in [0.4, 0.5) is 4.79 Å². The van der Waals surface area contributed by atoms with E-state index in [1.54, 1.807) is 57.2 Å². The first-order chi connectivity index (χ1) is 23.0. The predicted octanol–water partition coefficient (Wildman–Crippen LogP) is 4.00. The third-order valence-electron chi connectivity index (χ3n) is 6.52. The van der Waals surface area contributed by atoms with Gasteiger partial charge in [0.05, 0.1) is 6.42 Å². The van der Waals surface area contributed by atoms with Crippen molar-refractivity contribution in [2.75, 3.05) is 19.7 Å². The summed E-state index contributed by atoms with van der Waals surface area (Å²) in [5, 5.41) is 7.81. The maximum absolute atomic E-state index is 13.1. The van der Waals surface area contributed by atoms with Crippen LogP contribution in [-0.4, -0.2) is 61.2 Å². The molecule has 0 saturated carbocycles. The molecule has 3 rings (SSSR count). The number of hydrogen-bond acceptors (Lipinski definition) is 9. The normalized spacial score (nSPS) is 11.4. The molecule has 0 heterocycles. The highest BCUT2D eigenvalue weighted by molar-refractivity contribution is 5.91. The van der Waals surface area contributed by atoms with Crippen molar-refractivity contribution in [3.05, 3.63) is 102 Å². The fraction of sp³-hybridized carbons (Fsp3) is 0.361. The van der Waals surface area contributed by atoms with E-state index < -0.39 is 41.5 Å². The van der Waals surface area contributed by atoms with Crippen LogP contribution in [0.1, 0.15) is 50.3 Å². The molecule has 3 amide bonds. The van der Waals surface area contributed by atoms with Crippen LogP contribution in [0, 0.1) is 0 Å². The second kappa shape index (κ2) is 19.3. The van der Waals surface area contributed by atoms with E-state index in [0.717, 1.165) is 16.7 Å². The Hall–Kier alpha value is -5.39. The fourth-order valence-electron chi connectivity index (χ4n) is 4.16. The van der Waals surface area contributed by atoms with Crippen molar-refractivity contribution >= 4 is 29.8 Å². The summed E-state index contributed by atoms with van der Waals surface area (Å²) in [6.45, 7) is 5.31. The van der Waals surface area contributed by atoms with Crippen LogP contribution < -0.4 is 20.7 Å². The first kappa shape index (κ1) is 37.1. The van der Waals surface area contributed by atoms with Gasteiger partial charge in [-0.3, -0.25) is 14.4 Å². The van der Waals surface area contributed by atoms with Crippen LogP contribution in [0.5, 0.6) is 5.75 Å². The van der Waals surface area contributed by atoms with Gasteiger partial charge in [-0.05, 0) is 56.0 Å². The number of rotatable bonds is 17. The van der Waals surface area contributed by atoms with Gasteiger partial charge in [0.15, 0.2) is 6.61 Å². The zero-order valence-corrected chi connectivity index (χ0v) is 27.5. The lowest BCUT2D eigenvalue weighted by atomic mass is 10.1. The van der Waals surface area contributed by atoms with Gasteiger partial charge in [-0.1, -0.05) is 72.8 Å². The number of carbonyl (C=O) groups is 5. The van der Waals surface area contributed by atoms with Crippen molar-refractivity contribution < 1.29 is 42.9 Å². The molecule has 0 spiro atoms. The van der Waals surface area contributed by atoms with Crippen molar-refractivity contribution in [3.63, 3.8) is 0 Å². The molecule has 0 aromatic heterocycles. The minimum absolute atomic E-state index is 0.0242. The molecule has 3 N–H and O–H groups in total. The summed E-state index contributed by atoms with van der Waals surface area (Å²) in [5.74, 6) is -1.77. The largest absolute Gasteiger partial charge is 0.482 e. The van der Waals surface area contributed by atoms with Crippen LogP contribution in [0.2, 0.25) is 0 Å². The fourth-order valence-corrected chi connectivity index (χ4v) is 4.16. The maximum atomic E-state index is 13.1. The summed E-state index contributed by atoms with van der Waals surface area (Å²) in [7, 11) is 0. The van der Waals surface area contributed by atoms with Gasteiger partial charge in [0.1, 0.15) is 30.6 Å². The third kappa shape index (κ3) is 15.3. The molecule has 1 unspecified atom stereocenters. The Bertz CT molecular complexity index is 1470. The number of benzene rings is 3. The summed E-state index contributed by atoms with van der Waals surface area (Å²) in [6.07, 6.45) is -0.746. The third-order valence-corrected chi connectivity index (χ3v) is 6.52.